The van der Waals surface area contributed by atoms with E-state index < -0.39 is 5.60 Å². The van der Waals surface area contributed by atoms with Crippen LogP contribution in [0.3, 0.4) is 0 Å². The van der Waals surface area contributed by atoms with Gasteiger partial charge in [0.25, 0.3) is 0 Å². The summed E-state index contributed by atoms with van der Waals surface area (Å²) >= 11 is 5.76. The quantitative estimate of drug-likeness (QED) is 0.897. The highest BCUT2D eigenvalue weighted by atomic mass is 35.5. The maximum Gasteiger partial charge on any atom is 0.410 e. The van der Waals surface area contributed by atoms with Crippen molar-refractivity contribution in [1.82, 2.24) is 15.1 Å². The first-order valence-electron chi connectivity index (χ1n) is 8.05. The minimum absolute atomic E-state index is 0.211. The Hall–Kier alpha value is -1.56. The number of carbonyl (C=O) groups excluding carboxylic acids is 1. The van der Waals surface area contributed by atoms with E-state index in [1.165, 1.54) is 0 Å². The topological polar surface area (TPSA) is 67.3 Å². The van der Waals surface area contributed by atoms with E-state index in [2.05, 4.69) is 15.5 Å². The molecule has 1 aromatic rings. The Morgan fingerprint density at radius 3 is 2.74 bits per heavy atom. The highest BCUT2D eigenvalue weighted by molar-refractivity contribution is 6.29. The molecule has 23 heavy (non-hydrogen) atoms. The van der Waals surface area contributed by atoms with Gasteiger partial charge in [-0.2, -0.15) is 0 Å². The van der Waals surface area contributed by atoms with Crippen LogP contribution in [0, 0.1) is 11.8 Å². The Morgan fingerprint density at radius 2 is 2.09 bits per heavy atom. The van der Waals surface area contributed by atoms with E-state index in [-0.39, 0.29) is 6.09 Å². The minimum Gasteiger partial charge on any atom is -0.444 e. The molecule has 7 heteroatoms. The first-order valence-corrected chi connectivity index (χ1v) is 8.43. The summed E-state index contributed by atoms with van der Waals surface area (Å²) < 4.78 is 5.48. The van der Waals surface area contributed by atoms with Crippen LogP contribution in [0.1, 0.15) is 33.6 Å². The van der Waals surface area contributed by atoms with Crippen LogP contribution >= 0.6 is 11.6 Å². The lowest BCUT2D eigenvalue weighted by molar-refractivity contribution is 0.0280. The van der Waals surface area contributed by atoms with Gasteiger partial charge in [0.05, 0.1) is 0 Å². The molecule has 6 nitrogen and oxygen atoms in total. The summed E-state index contributed by atoms with van der Waals surface area (Å²) in [6, 6.07) is 3.87. The second-order valence-electron chi connectivity index (χ2n) is 7.38. The Labute approximate surface area is 141 Å². The van der Waals surface area contributed by atoms with Crippen LogP contribution in [0.25, 0.3) is 0 Å². The first kappa shape index (κ1) is 16.3. The molecular formula is C16H23ClN4O2. The maximum absolute atomic E-state index is 12.2. The Bertz CT molecular complexity index is 572. The molecule has 1 aromatic heterocycles. The van der Waals surface area contributed by atoms with Gasteiger partial charge in [-0.05, 0) is 51.7 Å². The van der Waals surface area contributed by atoms with Crippen LogP contribution in [-0.2, 0) is 4.74 Å². The molecule has 0 unspecified atom stereocenters. The average molecular weight is 339 g/mol. The van der Waals surface area contributed by atoms with Gasteiger partial charge in [0, 0.05) is 25.0 Å². The van der Waals surface area contributed by atoms with Crippen LogP contribution in [0.5, 0.6) is 0 Å². The fourth-order valence-electron chi connectivity index (χ4n) is 3.50. The van der Waals surface area contributed by atoms with Crippen LogP contribution in [0.15, 0.2) is 12.1 Å². The summed E-state index contributed by atoms with van der Waals surface area (Å²) in [7, 11) is 0. The number of nitrogens with zero attached hydrogens (tertiary/aromatic N) is 3. The zero-order valence-corrected chi connectivity index (χ0v) is 14.5. The van der Waals surface area contributed by atoms with Gasteiger partial charge in [-0.25, -0.2) is 4.79 Å². The van der Waals surface area contributed by atoms with Crippen molar-refractivity contribution in [2.75, 3.05) is 18.4 Å². The molecule has 1 N–H and O–H groups in total. The van der Waals surface area contributed by atoms with Crippen molar-refractivity contribution in [3.63, 3.8) is 0 Å². The number of halogens is 1. The van der Waals surface area contributed by atoms with Gasteiger partial charge in [-0.1, -0.05) is 11.6 Å². The molecule has 126 valence electrons. The number of nitrogens with one attached hydrogen (secondary N) is 1. The van der Waals surface area contributed by atoms with Crippen molar-refractivity contribution in [2.45, 2.75) is 45.3 Å². The van der Waals surface area contributed by atoms with Gasteiger partial charge in [0.2, 0.25) is 0 Å². The van der Waals surface area contributed by atoms with Crippen molar-refractivity contribution in [1.29, 1.82) is 0 Å². The molecule has 1 saturated heterocycles. The van der Waals surface area contributed by atoms with Crippen molar-refractivity contribution in [3.05, 3.63) is 17.3 Å². The number of carbonyl (C=O) groups is 1. The van der Waals surface area contributed by atoms with Gasteiger partial charge in [-0.3, -0.25) is 0 Å². The molecule has 1 saturated carbocycles. The minimum atomic E-state index is -0.453. The molecule has 2 aliphatic rings. The van der Waals surface area contributed by atoms with Crippen LogP contribution in [0.4, 0.5) is 10.6 Å². The smallest absolute Gasteiger partial charge is 0.410 e. The number of rotatable bonds is 2. The van der Waals surface area contributed by atoms with E-state index in [4.69, 9.17) is 16.3 Å². The van der Waals surface area contributed by atoms with Gasteiger partial charge in [0.15, 0.2) is 5.15 Å². The second-order valence-corrected chi connectivity index (χ2v) is 7.77. The summed E-state index contributed by atoms with van der Waals surface area (Å²) in [5.41, 5.74) is -0.453. The third-order valence-corrected chi connectivity index (χ3v) is 4.68. The average Bonchev–Trinajstić information content (AvgIpc) is 3.01. The Balaban J connectivity index is 1.60. The lowest BCUT2D eigenvalue weighted by Crippen LogP contribution is -2.37. The zero-order valence-electron chi connectivity index (χ0n) is 13.8. The number of aromatic nitrogens is 2. The monoisotopic (exact) mass is 338 g/mol. The highest BCUT2D eigenvalue weighted by Gasteiger charge is 2.45. The summed E-state index contributed by atoms with van der Waals surface area (Å²) in [5.74, 6) is 1.69. The molecule has 1 aliphatic heterocycles. The lowest BCUT2D eigenvalue weighted by Gasteiger charge is -2.26. The maximum atomic E-state index is 12.2. The number of hydrogen-bond donors (Lipinski definition) is 1. The van der Waals surface area contributed by atoms with Crippen LogP contribution in [0.2, 0.25) is 5.15 Å². The normalized spacial score (nSPS) is 27.0. The molecule has 0 radical (unpaired) electrons. The molecule has 1 amide bonds. The number of fused-ring (bicyclic) bond motifs is 1. The molecule has 0 aromatic carbocycles. The van der Waals surface area contributed by atoms with Gasteiger partial charge < -0.3 is 15.0 Å². The molecule has 2 fully saturated rings. The summed E-state index contributed by atoms with van der Waals surface area (Å²) in [5, 5.41) is 11.7. The molecule has 3 rings (SSSR count). The number of hydrogen-bond acceptors (Lipinski definition) is 5. The number of amides is 1. The first-order chi connectivity index (χ1) is 10.8. The van der Waals surface area contributed by atoms with Crippen molar-refractivity contribution >= 4 is 23.5 Å². The Kier molecular flexibility index (Phi) is 4.36. The second kappa shape index (κ2) is 6.15. The van der Waals surface area contributed by atoms with E-state index in [0.29, 0.717) is 23.0 Å². The van der Waals surface area contributed by atoms with E-state index in [1.54, 1.807) is 6.07 Å². The SMILES string of the molecule is CC(C)(C)OC(=O)N1C[C@@H]2CC[C@@H](Nc3ccc(Cl)nn3)[C@@H]2C1. The van der Waals surface area contributed by atoms with Gasteiger partial charge >= 0.3 is 6.09 Å². The molecule has 2 heterocycles. The largest absolute Gasteiger partial charge is 0.444 e. The molecular weight excluding hydrogens is 316 g/mol. The van der Waals surface area contributed by atoms with Crippen molar-refractivity contribution in [3.8, 4) is 0 Å². The molecule has 3 atom stereocenters. The number of likely N-dealkylation sites (tertiary alicyclic amines) is 1. The van der Waals surface area contributed by atoms with E-state index >= 15 is 0 Å². The predicted octanol–water partition coefficient (Wildman–Crippen LogP) is 3.19. The zero-order chi connectivity index (χ0) is 16.6. The van der Waals surface area contributed by atoms with Crippen molar-refractivity contribution < 1.29 is 9.53 Å². The Morgan fingerprint density at radius 1 is 1.30 bits per heavy atom. The molecule has 1 aliphatic carbocycles. The third kappa shape index (κ3) is 3.86. The number of ether oxygens (including phenoxy) is 1. The van der Waals surface area contributed by atoms with Crippen molar-refractivity contribution in [2.24, 2.45) is 11.8 Å². The molecule has 0 bridgehead atoms. The summed E-state index contributed by atoms with van der Waals surface area (Å²) in [6.45, 7) is 7.20. The van der Waals surface area contributed by atoms with E-state index in [1.807, 2.05) is 31.7 Å². The van der Waals surface area contributed by atoms with E-state index in [9.17, 15) is 4.79 Å². The molecule has 0 spiro atoms. The fourth-order valence-corrected chi connectivity index (χ4v) is 3.60. The van der Waals surface area contributed by atoms with E-state index in [0.717, 1.165) is 31.7 Å². The standard InChI is InChI=1S/C16H23ClN4O2/c1-16(2,3)23-15(22)21-8-10-4-5-12(11(10)9-21)18-14-7-6-13(17)19-20-14/h6-7,10-12H,4-5,8-9H2,1-3H3,(H,18,20)/t10-,11+,12+/m0/s1. The lowest BCUT2D eigenvalue weighted by atomic mass is 9.98. The number of anilines is 1. The predicted molar refractivity (Wildman–Crippen MR) is 88.5 cm³/mol. The summed E-state index contributed by atoms with van der Waals surface area (Å²) in [6.07, 6.45) is 1.99. The summed E-state index contributed by atoms with van der Waals surface area (Å²) in [4.78, 5) is 14.1. The highest BCUT2D eigenvalue weighted by Crippen LogP contribution is 2.39. The van der Waals surface area contributed by atoms with Crippen LogP contribution in [-0.4, -0.2) is 45.9 Å². The van der Waals surface area contributed by atoms with Gasteiger partial charge in [-0.15, -0.1) is 10.2 Å². The fraction of sp³-hybridized carbons (Fsp3) is 0.688. The van der Waals surface area contributed by atoms with Crippen LogP contribution < -0.4 is 5.32 Å². The third-order valence-electron chi connectivity index (χ3n) is 4.47. The van der Waals surface area contributed by atoms with Gasteiger partial charge in [0.1, 0.15) is 11.4 Å².